The number of aryl methyl sites for hydroxylation is 2. The molecule has 2 nitrogen and oxygen atoms in total. The van der Waals surface area contributed by atoms with Gasteiger partial charge in [0.25, 0.3) is 0 Å². The van der Waals surface area contributed by atoms with Crippen molar-refractivity contribution in [2.24, 2.45) is 5.73 Å². The Labute approximate surface area is 91.7 Å². The average molecular weight is 202 g/mol. The zero-order valence-corrected chi connectivity index (χ0v) is 9.89. The molecule has 0 heterocycles. The molecule has 0 saturated heterocycles. The molecule has 0 bridgehead atoms. The van der Waals surface area contributed by atoms with Crippen molar-refractivity contribution in [3.63, 3.8) is 0 Å². The molecule has 0 aliphatic rings. The van der Waals surface area contributed by atoms with Gasteiger partial charge in [0.15, 0.2) is 0 Å². The Kier molecular flexibility index (Phi) is 3.49. The minimum atomic E-state index is -0.159. The summed E-state index contributed by atoms with van der Waals surface area (Å²) in [6.45, 7) is 8.33. The fourth-order valence-corrected chi connectivity index (χ4v) is 2.00. The van der Waals surface area contributed by atoms with Crippen molar-refractivity contribution in [3.8, 4) is 6.07 Å². The van der Waals surface area contributed by atoms with Gasteiger partial charge in [-0.15, -0.1) is 0 Å². The third-order valence-electron chi connectivity index (χ3n) is 3.11. The predicted molar refractivity (Wildman–Crippen MR) is 62.5 cm³/mol. The van der Waals surface area contributed by atoms with Crippen LogP contribution < -0.4 is 5.73 Å². The highest BCUT2D eigenvalue weighted by molar-refractivity contribution is 5.45. The van der Waals surface area contributed by atoms with Crippen LogP contribution in [0.1, 0.15) is 40.3 Å². The first-order valence-electron chi connectivity index (χ1n) is 5.18. The Bertz CT molecular complexity index is 387. The minimum absolute atomic E-state index is 0.159. The Morgan fingerprint density at radius 1 is 1.20 bits per heavy atom. The van der Waals surface area contributed by atoms with E-state index in [1.807, 2.05) is 0 Å². The maximum absolute atomic E-state index is 8.69. The lowest BCUT2D eigenvalue weighted by Gasteiger charge is -2.19. The van der Waals surface area contributed by atoms with Crippen LogP contribution in [0.4, 0.5) is 0 Å². The van der Waals surface area contributed by atoms with Gasteiger partial charge in [-0.3, -0.25) is 0 Å². The summed E-state index contributed by atoms with van der Waals surface area (Å²) in [6, 6.07) is 4.15. The SMILES string of the molecule is Cc1cc(C)c(C)c(C(N)CC#N)c1C. The lowest BCUT2D eigenvalue weighted by molar-refractivity contribution is 0.733. The second-order valence-corrected chi connectivity index (χ2v) is 4.14. The molecule has 1 unspecified atom stereocenters. The molecular formula is C13H18N2. The fourth-order valence-electron chi connectivity index (χ4n) is 2.00. The molecule has 0 fully saturated rings. The molecular weight excluding hydrogens is 184 g/mol. The zero-order chi connectivity index (χ0) is 11.6. The monoisotopic (exact) mass is 202 g/mol. The number of hydrogen-bond acceptors (Lipinski definition) is 2. The number of hydrogen-bond donors (Lipinski definition) is 1. The molecule has 0 amide bonds. The summed E-state index contributed by atoms with van der Waals surface area (Å²) in [7, 11) is 0. The summed E-state index contributed by atoms with van der Waals surface area (Å²) < 4.78 is 0. The zero-order valence-electron chi connectivity index (χ0n) is 9.89. The van der Waals surface area contributed by atoms with Gasteiger partial charge >= 0.3 is 0 Å². The van der Waals surface area contributed by atoms with E-state index in [1.165, 1.54) is 22.3 Å². The van der Waals surface area contributed by atoms with Gasteiger partial charge in [0, 0.05) is 6.04 Å². The van der Waals surface area contributed by atoms with Crippen molar-refractivity contribution in [3.05, 3.63) is 33.9 Å². The molecule has 0 aromatic heterocycles. The van der Waals surface area contributed by atoms with Crippen LogP contribution in [0, 0.1) is 39.0 Å². The van der Waals surface area contributed by atoms with Crippen LogP contribution >= 0.6 is 0 Å². The molecule has 1 aromatic rings. The van der Waals surface area contributed by atoms with Crippen LogP contribution in [0.15, 0.2) is 6.07 Å². The van der Waals surface area contributed by atoms with Gasteiger partial charge in [-0.1, -0.05) is 6.07 Å². The van der Waals surface area contributed by atoms with E-state index in [4.69, 9.17) is 11.0 Å². The Morgan fingerprint density at radius 3 is 2.07 bits per heavy atom. The first-order chi connectivity index (χ1) is 6.99. The van der Waals surface area contributed by atoms with Gasteiger partial charge in [-0.25, -0.2) is 0 Å². The van der Waals surface area contributed by atoms with Crippen molar-refractivity contribution in [1.82, 2.24) is 0 Å². The summed E-state index contributed by atoms with van der Waals surface area (Å²) in [6.07, 6.45) is 0.380. The molecule has 0 spiro atoms. The second kappa shape index (κ2) is 4.46. The van der Waals surface area contributed by atoms with Crippen LogP contribution in [0.3, 0.4) is 0 Å². The summed E-state index contributed by atoms with van der Waals surface area (Å²) in [5, 5.41) is 8.69. The summed E-state index contributed by atoms with van der Waals surface area (Å²) in [5.74, 6) is 0. The van der Waals surface area contributed by atoms with Crippen molar-refractivity contribution >= 4 is 0 Å². The molecule has 0 aliphatic heterocycles. The van der Waals surface area contributed by atoms with Gasteiger partial charge in [0.2, 0.25) is 0 Å². The van der Waals surface area contributed by atoms with Crippen LogP contribution in [0.2, 0.25) is 0 Å². The smallest absolute Gasteiger partial charge is 0.0641 e. The molecule has 1 atom stereocenters. The molecule has 1 aromatic carbocycles. The van der Waals surface area contributed by atoms with Gasteiger partial charge in [-0.2, -0.15) is 5.26 Å². The first kappa shape index (κ1) is 11.7. The highest BCUT2D eigenvalue weighted by Gasteiger charge is 2.14. The minimum Gasteiger partial charge on any atom is -0.323 e. The topological polar surface area (TPSA) is 49.8 Å². The standard InChI is InChI=1S/C13H18N2/c1-8-7-9(2)11(4)13(10(8)3)12(15)5-6-14/h7,12H,5,15H2,1-4H3. The fraction of sp³-hybridized carbons (Fsp3) is 0.462. The molecule has 0 aliphatic carbocycles. The molecule has 15 heavy (non-hydrogen) atoms. The van der Waals surface area contributed by atoms with Crippen molar-refractivity contribution in [2.75, 3.05) is 0 Å². The Morgan fingerprint density at radius 2 is 1.67 bits per heavy atom. The third-order valence-corrected chi connectivity index (χ3v) is 3.11. The van der Waals surface area contributed by atoms with Crippen molar-refractivity contribution in [2.45, 2.75) is 40.2 Å². The molecule has 2 heteroatoms. The maximum Gasteiger partial charge on any atom is 0.0641 e. The molecule has 80 valence electrons. The van der Waals surface area contributed by atoms with Crippen LogP contribution in [0.5, 0.6) is 0 Å². The number of nitrogens with two attached hydrogens (primary N) is 1. The van der Waals surface area contributed by atoms with E-state index in [2.05, 4.69) is 39.8 Å². The lowest BCUT2D eigenvalue weighted by Crippen LogP contribution is -2.14. The van der Waals surface area contributed by atoms with Gasteiger partial charge in [0.05, 0.1) is 12.5 Å². The number of benzene rings is 1. The first-order valence-corrected chi connectivity index (χ1v) is 5.18. The lowest BCUT2D eigenvalue weighted by atomic mass is 9.89. The van der Waals surface area contributed by atoms with E-state index in [0.717, 1.165) is 5.56 Å². The van der Waals surface area contributed by atoms with E-state index >= 15 is 0 Å². The average Bonchev–Trinajstić information content (AvgIpc) is 2.16. The van der Waals surface area contributed by atoms with Crippen LogP contribution in [-0.2, 0) is 0 Å². The molecule has 2 N–H and O–H groups in total. The van der Waals surface area contributed by atoms with E-state index < -0.39 is 0 Å². The normalized spacial score (nSPS) is 12.3. The summed E-state index contributed by atoms with van der Waals surface area (Å²) in [4.78, 5) is 0. The Balaban J connectivity index is 3.33. The number of rotatable bonds is 2. The van der Waals surface area contributed by atoms with E-state index in [9.17, 15) is 0 Å². The maximum atomic E-state index is 8.69. The van der Waals surface area contributed by atoms with E-state index in [-0.39, 0.29) is 6.04 Å². The van der Waals surface area contributed by atoms with E-state index in [0.29, 0.717) is 6.42 Å². The van der Waals surface area contributed by atoms with Crippen molar-refractivity contribution < 1.29 is 0 Å². The summed E-state index contributed by atoms with van der Waals surface area (Å²) in [5.41, 5.74) is 12.1. The summed E-state index contributed by atoms with van der Waals surface area (Å²) >= 11 is 0. The second-order valence-electron chi connectivity index (χ2n) is 4.14. The number of nitriles is 1. The molecule has 1 rings (SSSR count). The highest BCUT2D eigenvalue weighted by atomic mass is 14.6. The Hall–Kier alpha value is -1.33. The van der Waals surface area contributed by atoms with Crippen LogP contribution in [-0.4, -0.2) is 0 Å². The quantitative estimate of drug-likeness (QED) is 0.801. The molecule has 0 saturated carbocycles. The van der Waals surface area contributed by atoms with Gasteiger partial charge in [0.1, 0.15) is 0 Å². The highest BCUT2D eigenvalue weighted by Crippen LogP contribution is 2.27. The number of nitrogens with zero attached hydrogens (tertiary/aromatic N) is 1. The largest absolute Gasteiger partial charge is 0.323 e. The molecule has 0 radical (unpaired) electrons. The van der Waals surface area contributed by atoms with Gasteiger partial charge in [-0.05, 0) is 55.5 Å². The third kappa shape index (κ3) is 2.19. The van der Waals surface area contributed by atoms with Crippen LogP contribution in [0.25, 0.3) is 0 Å². The predicted octanol–water partition coefficient (Wildman–Crippen LogP) is 2.83. The van der Waals surface area contributed by atoms with E-state index in [1.54, 1.807) is 0 Å². The van der Waals surface area contributed by atoms with Gasteiger partial charge < -0.3 is 5.73 Å². The van der Waals surface area contributed by atoms with Crippen molar-refractivity contribution in [1.29, 1.82) is 5.26 Å².